The monoisotopic (exact) mass is 672 g/mol. The van der Waals surface area contributed by atoms with Crippen molar-refractivity contribution < 1.29 is 32.3 Å². The number of rotatable bonds is 9. The first-order chi connectivity index (χ1) is 21.2. The number of nitrogens with zero attached hydrogens (tertiary/aromatic N) is 1. The van der Waals surface area contributed by atoms with Gasteiger partial charge in [0.1, 0.15) is 23.2 Å². The van der Waals surface area contributed by atoms with Crippen LogP contribution in [0, 0.1) is 11.3 Å². The summed E-state index contributed by atoms with van der Waals surface area (Å²) >= 11 is 1.54. The largest absolute Gasteiger partial charge is 0.444 e. The van der Waals surface area contributed by atoms with Crippen molar-refractivity contribution in [3.05, 3.63) is 55.1 Å². The van der Waals surface area contributed by atoms with E-state index in [-0.39, 0.29) is 24.6 Å². The van der Waals surface area contributed by atoms with Gasteiger partial charge in [-0.25, -0.2) is 13.2 Å². The van der Waals surface area contributed by atoms with E-state index < -0.39 is 68.4 Å². The third-order valence-electron chi connectivity index (χ3n) is 7.97. The maximum absolute atomic E-state index is 14.3. The molecule has 46 heavy (non-hydrogen) atoms. The summed E-state index contributed by atoms with van der Waals surface area (Å²) in [5, 5.41) is 7.45. The number of hydrogen-bond acceptors (Lipinski definition) is 8. The number of alkyl carbamates (subject to hydrolysis) is 1. The maximum Gasteiger partial charge on any atom is 0.408 e. The summed E-state index contributed by atoms with van der Waals surface area (Å²) in [7, 11) is -3.89. The normalized spacial score (nSPS) is 23.7. The molecule has 13 heteroatoms. The molecule has 4 rings (SSSR count). The predicted octanol–water partition coefficient (Wildman–Crippen LogP) is 3.98. The molecule has 250 valence electrons. The molecule has 0 radical (unpaired) electrons. The van der Waals surface area contributed by atoms with Gasteiger partial charge in [-0.15, -0.1) is 18.3 Å². The fourth-order valence-corrected chi connectivity index (χ4v) is 7.40. The standard InChI is InChI=1S/C33H44N4O7S2/c1-9-22-18-33(22,29(40)36-46(8,42)43)35-27(38)25-17-24(45-23-15-14-20-12-10-11-13-21(20)16-23)19-37(25)28(39)26(31(2,3)4)34-30(41)44-32(5,6)7/h9-16,22,24-26H,1,17-19H2,2-8H3,(H,34,41)(H,35,38)(H,36,40)/t22?,24-,25+,26-,33?/m1/s1. The summed E-state index contributed by atoms with van der Waals surface area (Å²) in [4.78, 5) is 56.6. The third kappa shape index (κ3) is 8.41. The van der Waals surface area contributed by atoms with Gasteiger partial charge in [-0.2, -0.15) is 0 Å². The number of amides is 4. The summed E-state index contributed by atoms with van der Waals surface area (Å²) in [6.45, 7) is 14.5. The number of carbonyl (C=O) groups excluding carboxylic acids is 4. The zero-order chi connectivity index (χ0) is 34.2. The number of benzene rings is 2. The number of fused-ring (bicyclic) bond motifs is 1. The lowest BCUT2D eigenvalue weighted by atomic mass is 9.85. The Morgan fingerprint density at radius 1 is 1.07 bits per heavy atom. The first kappa shape index (κ1) is 35.3. The molecule has 11 nitrogen and oxygen atoms in total. The van der Waals surface area contributed by atoms with Crippen LogP contribution in [-0.2, 0) is 29.1 Å². The number of likely N-dealkylation sites (tertiary alicyclic amines) is 1. The minimum absolute atomic E-state index is 0.171. The van der Waals surface area contributed by atoms with Crippen LogP contribution in [0.5, 0.6) is 0 Å². The fraction of sp³-hybridized carbons (Fsp3) is 0.515. The van der Waals surface area contributed by atoms with E-state index in [2.05, 4.69) is 23.3 Å². The number of ether oxygens (including phenoxy) is 1. The molecule has 1 heterocycles. The van der Waals surface area contributed by atoms with Gasteiger partial charge >= 0.3 is 6.09 Å². The smallest absolute Gasteiger partial charge is 0.408 e. The molecular weight excluding hydrogens is 629 g/mol. The van der Waals surface area contributed by atoms with Crippen LogP contribution >= 0.6 is 11.8 Å². The van der Waals surface area contributed by atoms with Gasteiger partial charge in [0, 0.05) is 22.6 Å². The Bertz CT molecular complexity index is 1650. The lowest BCUT2D eigenvalue weighted by Crippen LogP contribution is -2.60. The minimum atomic E-state index is -3.89. The van der Waals surface area contributed by atoms with Gasteiger partial charge in [0.2, 0.25) is 21.8 Å². The second-order valence-electron chi connectivity index (χ2n) is 14.1. The molecule has 3 N–H and O–H groups in total. The molecule has 2 aromatic carbocycles. The van der Waals surface area contributed by atoms with Crippen LogP contribution in [0.4, 0.5) is 4.79 Å². The molecule has 2 aliphatic rings. The highest BCUT2D eigenvalue weighted by atomic mass is 32.2. The highest BCUT2D eigenvalue weighted by molar-refractivity contribution is 8.00. The summed E-state index contributed by atoms with van der Waals surface area (Å²) < 4.78 is 31.1. The Hall–Kier alpha value is -3.58. The van der Waals surface area contributed by atoms with Crippen molar-refractivity contribution >= 4 is 56.4 Å². The lowest BCUT2D eigenvalue weighted by Gasteiger charge is -2.36. The molecule has 2 unspecified atom stereocenters. The summed E-state index contributed by atoms with van der Waals surface area (Å²) in [6.07, 6.45) is 2.04. The Balaban J connectivity index is 1.64. The van der Waals surface area contributed by atoms with Crippen LogP contribution in [-0.4, -0.2) is 78.4 Å². The SMILES string of the molecule is C=CC1CC1(NC(=O)[C@@H]1C[C@@H](Sc2ccc3ccccc3c2)CN1C(=O)[C@@H](NC(=O)OC(C)(C)C)C(C)(C)C)C(=O)NS(C)(=O)=O. The molecule has 2 aromatic rings. The van der Waals surface area contributed by atoms with Gasteiger partial charge in [-0.3, -0.25) is 19.1 Å². The quantitative estimate of drug-likeness (QED) is 0.339. The van der Waals surface area contributed by atoms with E-state index in [1.54, 1.807) is 32.5 Å². The molecule has 0 aromatic heterocycles. The van der Waals surface area contributed by atoms with Crippen molar-refractivity contribution in [1.29, 1.82) is 0 Å². The number of hydrogen-bond donors (Lipinski definition) is 3. The Morgan fingerprint density at radius 2 is 1.72 bits per heavy atom. The average molecular weight is 673 g/mol. The summed E-state index contributed by atoms with van der Waals surface area (Å²) in [6, 6.07) is 12.0. The van der Waals surface area contributed by atoms with Crippen molar-refractivity contribution in [3.63, 3.8) is 0 Å². The first-order valence-corrected chi connectivity index (χ1v) is 17.9. The van der Waals surface area contributed by atoms with Crippen molar-refractivity contribution in [2.45, 2.75) is 87.8 Å². The second kappa shape index (κ2) is 12.9. The van der Waals surface area contributed by atoms with E-state index in [9.17, 15) is 27.6 Å². The van der Waals surface area contributed by atoms with E-state index in [4.69, 9.17) is 4.74 Å². The van der Waals surface area contributed by atoms with Crippen molar-refractivity contribution in [2.75, 3.05) is 12.8 Å². The average Bonchev–Trinajstić information content (AvgIpc) is 3.48. The maximum atomic E-state index is 14.3. The van der Waals surface area contributed by atoms with Gasteiger partial charge in [0.25, 0.3) is 5.91 Å². The van der Waals surface area contributed by atoms with Crippen LogP contribution in [0.3, 0.4) is 0 Å². The van der Waals surface area contributed by atoms with E-state index in [1.165, 1.54) is 11.0 Å². The predicted molar refractivity (Wildman–Crippen MR) is 178 cm³/mol. The van der Waals surface area contributed by atoms with E-state index >= 15 is 0 Å². The Labute approximate surface area is 275 Å². The second-order valence-corrected chi connectivity index (χ2v) is 17.3. The molecule has 4 amide bonds. The van der Waals surface area contributed by atoms with Crippen molar-refractivity contribution in [2.24, 2.45) is 11.3 Å². The third-order valence-corrected chi connectivity index (χ3v) is 9.73. The summed E-state index contributed by atoms with van der Waals surface area (Å²) in [5.74, 6) is -2.40. The zero-order valence-electron chi connectivity index (χ0n) is 27.4. The number of thioether (sulfide) groups is 1. The van der Waals surface area contributed by atoms with Crippen LogP contribution < -0.4 is 15.4 Å². The minimum Gasteiger partial charge on any atom is -0.444 e. The molecular formula is C33H44N4O7S2. The highest BCUT2D eigenvalue weighted by Gasteiger charge is 2.61. The zero-order valence-corrected chi connectivity index (χ0v) is 29.0. The number of carbonyl (C=O) groups is 4. The van der Waals surface area contributed by atoms with Gasteiger partial charge in [-0.05, 0) is 61.9 Å². The highest BCUT2D eigenvalue weighted by Crippen LogP contribution is 2.45. The number of nitrogens with one attached hydrogen (secondary N) is 3. The molecule has 1 aliphatic heterocycles. The van der Waals surface area contributed by atoms with Gasteiger partial charge in [0.05, 0.1) is 6.26 Å². The molecule has 2 fully saturated rings. The molecule has 1 aliphatic carbocycles. The molecule has 0 bridgehead atoms. The van der Waals surface area contributed by atoms with E-state index in [0.717, 1.165) is 21.9 Å². The van der Waals surface area contributed by atoms with Crippen molar-refractivity contribution in [3.8, 4) is 0 Å². The fourth-order valence-electron chi connectivity index (χ4n) is 5.64. The molecule has 1 saturated carbocycles. The Morgan fingerprint density at radius 3 is 2.28 bits per heavy atom. The van der Waals surface area contributed by atoms with Gasteiger partial charge < -0.3 is 20.3 Å². The molecule has 5 atom stereocenters. The van der Waals surface area contributed by atoms with Crippen molar-refractivity contribution in [1.82, 2.24) is 20.3 Å². The summed E-state index contributed by atoms with van der Waals surface area (Å²) in [5.41, 5.74) is -3.04. The van der Waals surface area contributed by atoms with Crippen LogP contribution in [0.25, 0.3) is 10.8 Å². The van der Waals surface area contributed by atoms with E-state index in [0.29, 0.717) is 0 Å². The number of sulfonamides is 1. The molecule has 0 spiro atoms. The first-order valence-electron chi connectivity index (χ1n) is 15.1. The lowest BCUT2D eigenvalue weighted by molar-refractivity contribution is -0.142. The van der Waals surface area contributed by atoms with Crippen LogP contribution in [0.15, 0.2) is 60.0 Å². The Kier molecular flexibility index (Phi) is 9.90. The topological polar surface area (TPSA) is 151 Å². The molecule has 1 saturated heterocycles. The van der Waals surface area contributed by atoms with E-state index in [1.807, 2.05) is 61.9 Å². The van der Waals surface area contributed by atoms with Gasteiger partial charge in [-0.1, -0.05) is 57.2 Å². The van der Waals surface area contributed by atoms with Crippen LogP contribution in [0.2, 0.25) is 0 Å². The van der Waals surface area contributed by atoms with Gasteiger partial charge in [0.15, 0.2) is 0 Å². The van der Waals surface area contributed by atoms with Crippen LogP contribution in [0.1, 0.15) is 54.4 Å².